The molecule has 0 spiro atoms. The average molecular weight is 433 g/mol. The van der Waals surface area contributed by atoms with Crippen LogP contribution in [0, 0.1) is 0 Å². The van der Waals surface area contributed by atoms with Crippen LogP contribution in [-0.2, 0) is 0 Å². The lowest BCUT2D eigenvalue weighted by atomic mass is 9.87. The van der Waals surface area contributed by atoms with Crippen LogP contribution in [0.4, 0.5) is 0 Å². The van der Waals surface area contributed by atoms with E-state index in [0.717, 1.165) is 4.47 Å². The zero-order valence-electron chi connectivity index (χ0n) is 15.7. The van der Waals surface area contributed by atoms with Crippen LogP contribution in [0.5, 0.6) is 0 Å². The Hall–Kier alpha value is -3.16. The third-order valence-electron chi connectivity index (χ3n) is 5.91. The Morgan fingerprint density at radius 2 is 1.00 bits per heavy atom. The number of hydrogen-bond donors (Lipinski definition) is 0. The summed E-state index contributed by atoms with van der Waals surface area (Å²) in [7, 11) is 0. The zero-order chi connectivity index (χ0) is 19.4. The Kier molecular flexibility index (Phi) is 3.72. The molecule has 0 radical (unpaired) electrons. The maximum absolute atomic E-state index is 3.75. The minimum atomic E-state index is 1.15. The molecule has 6 rings (SSSR count). The molecule has 0 aromatic heterocycles. The van der Waals surface area contributed by atoms with E-state index in [0.29, 0.717) is 0 Å². The summed E-state index contributed by atoms with van der Waals surface area (Å²) in [6.07, 6.45) is 0. The van der Waals surface area contributed by atoms with Crippen molar-refractivity contribution in [1.82, 2.24) is 0 Å². The predicted octanol–water partition coefficient (Wildman–Crippen LogP) is 8.68. The van der Waals surface area contributed by atoms with E-state index in [4.69, 9.17) is 0 Å². The highest BCUT2D eigenvalue weighted by molar-refractivity contribution is 9.10. The third-order valence-corrected chi connectivity index (χ3v) is 6.60. The number of benzene rings is 6. The molecular weight excluding hydrogens is 416 g/mol. The third kappa shape index (κ3) is 2.51. The molecule has 0 aliphatic carbocycles. The molecule has 0 bridgehead atoms. The van der Waals surface area contributed by atoms with Crippen molar-refractivity contribution >= 4 is 48.2 Å². The van der Waals surface area contributed by atoms with E-state index in [1.54, 1.807) is 0 Å². The second kappa shape index (κ2) is 6.43. The van der Waals surface area contributed by atoms with Crippen LogP contribution in [-0.4, -0.2) is 0 Å². The van der Waals surface area contributed by atoms with E-state index in [-0.39, 0.29) is 0 Å². The Bertz CT molecular complexity index is 1500. The van der Waals surface area contributed by atoms with Crippen LogP contribution in [0.2, 0.25) is 0 Å². The Labute approximate surface area is 177 Å². The van der Waals surface area contributed by atoms with Crippen molar-refractivity contribution in [3.8, 4) is 22.3 Å². The normalized spacial score (nSPS) is 11.6. The second-order valence-electron chi connectivity index (χ2n) is 7.49. The molecule has 136 valence electrons. The Balaban J connectivity index is 1.74. The molecule has 0 atom stereocenters. The lowest BCUT2D eigenvalue weighted by Crippen LogP contribution is -1.90. The van der Waals surface area contributed by atoms with E-state index < -0.39 is 0 Å². The standard InChI is InChI=1S/C28H17Br/c29-26-17-13-20-11-15-24-23(14-10-19-12-16-25(26)28(20)27(19)24)22-9-5-4-8-21(22)18-6-2-1-3-7-18/h1-17H. The van der Waals surface area contributed by atoms with E-state index >= 15 is 0 Å². The summed E-state index contributed by atoms with van der Waals surface area (Å²) >= 11 is 3.75. The lowest BCUT2D eigenvalue weighted by Gasteiger charge is -2.17. The van der Waals surface area contributed by atoms with Gasteiger partial charge in [0, 0.05) is 4.47 Å². The first-order chi connectivity index (χ1) is 14.3. The maximum atomic E-state index is 3.75. The predicted molar refractivity (Wildman–Crippen MR) is 129 cm³/mol. The molecule has 1 heteroatoms. The lowest BCUT2D eigenvalue weighted by molar-refractivity contribution is 1.60. The minimum absolute atomic E-state index is 1.15. The maximum Gasteiger partial charge on any atom is 0.0254 e. The van der Waals surface area contributed by atoms with Gasteiger partial charge >= 0.3 is 0 Å². The van der Waals surface area contributed by atoms with Gasteiger partial charge in [-0.25, -0.2) is 0 Å². The molecule has 0 aliphatic heterocycles. The summed E-state index contributed by atoms with van der Waals surface area (Å²) in [4.78, 5) is 0. The van der Waals surface area contributed by atoms with Gasteiger partial charge in [0.2, 0.25) is 0 Å². The fourth-order valence-electron chi connectivity index (χ4n) is 4.59. The highest BCUT2D eigenvalue weighted by atomic mass is 79.9. The van der Waals surface area contributed by atoms with Crippen LogP contribution >= 0.6 is 15.9 Å². The van der Waals surface area contributed by atoms with Gasteiger partial charge in [-0.2, -0.15) is 0 Å². The van der Waals surface area contributed by atoms with Gasteiger partial charge in [-0.1, -0.05) is 113 Å². The van der Waals surface area contributed by atoms with Gasteiger partial charge in [0.1, 0.15) is 0 Å². The van der Waals surface area contributed by atoms with Crippen LogP contribution in [0.3, 0.4) is 0 Å². The molecule has 29 heavy (non-hydrogen) atoms. The van der Waals surface area contributed by atoms with E-state index in [9.17, 15) is 0 Å². The molecule has 0 nitrogen and oxygen atoms in total. The van der Waals surface area contributed by atoms with Crippen molar-refractivity contribution in [3.05, 3.63) is 108 Å². The summed E-state index contributed by atoms with van der Waals surface area (Å²) in [5.41, 5.74) is 5.07. The van der Waals surface area contributed by atoms with Crippen LogP contribution < -0.4 is 0 Å². The quantitative estimate of drug-likeness (QED) is 0.240. The topological polar surface area (TPSA) is 0 Å². The van der Waals surface area contributed by atoms with Crippen LogP contribution in [0.1, 0.15) is 0 Å². The van der Waals surface area contributed by atoms with Gasteiger partial charge < -0.3 is 0 Å². The molecule has 0 unspecified atom stereocenters. The van der Waals surface area contributed by atoms with Gasteiger partial charge in [0.05, 0.1) is 0 Å². The summed E-state index contributed by atoms with van der Waals surface area (Å²) in [6.45, 7) is 0. The highest BCUT2D eigenvalue weighted by Crippen LogP contribution is 2.43. The molecule has 0 saturated carbocycles. The molecule has 6 aromatic rings. The van der Waals surface area contributed by atoms with Gasteiger partial charge in [-0.3, -0.25) is 0 Å². The summed E-state index contributed by atoms with van der Waals surface area (Å²) < 4.78 is 1.15. The molecule has 0 saturated heterocycles. The van der Waals surface area contributed by atoms with E-state index in [1.165, 1.54) is 54.6 Å². The van der Waals surface area contributed by atoms with Crippen molar-refractivity contribution in [3.63, 3.8) is 0 Å². The van der Waals surface area contributed by atoms with Crippen molar-refractivity contribution in [2.24, 2.45) is 0 Å². The monoisotopic (exact) mass is 432 g/mol. The van der Waals surface area contributed by atoms with Crippen LogP contribution in [0.25, 0.3) is 54.6 Å². The number of rotatable bonds is 2. The van der Waals surface area contributed by atoms with Gasteiger partial charge in [-0.15, -0.1) is 0 Å². The van der Waals surface area contributed by atoms with Gasteiger partial charge in [-0.05, 0) is 60.6 Å². The van der Waals surface area contributed by atoms with Gasteiger partial charge in [0.15, 0.2) is 0 Å². The number of halogens is 1. The SMILES string of the molecule is Brc1ccc2ccc3c(-c4ccccc4-c4ccccc4)ccc4ccc1c2c43. The molecule has 0 fully saturated rings. The molecular formula is C28H17Br. The molecule has 6 aromatic carbocycles. The molecule has 0 aliphatic rings. The van der Waals surface area contributed by atoms with E-state index in [1.807, 2.05) is 0 Å². The van der Waals surface area contributed by atoms with Crippen molar-refractivity contribution in [1.29, 1.82) is 0 Å². The fourth-order valence-corrected chi connectivity index (χ4v) is 5.05. The molecule has 0 amide bonds. The van der Waals surface area contributed by atoms with E-state index in [2.05, 4.69) is 119 Å². The second-order valence-corrected chi connectivity index (χ2v) is 8.35. The number of hydrogen-bond acceptors (Lipinski definition) is 0. The van der Waals surface area contributed by atoms with Gasteiger partial charge in [0.25, 0.3) is 0 Å². The highest BCUT2D eigenvalue weighted by Gasteiger charge is 2.15. The van der Waals surface area contributed by atoms with Crippen molar-refractivity contribution in [2.45, 2.75) is 0 Å². The Morgan fingerprint density at radius 3 is 1.79 bits per heavy atom. The zero-order valence-corrected chi connectivity index (χ0v) is 17.3. The first-order valence-corrected chi connectivity index (χ1v) is 10.6. The van der Waals surface area contributed by atoms with Crippen molar-refractivity contribution in [2.75, 3.05) is 0 Å². The average Bonchev–Trinajstić information content (AvgIpc) is 2.79. The first-order valence-electron chi connectivity index (χ1n) is 9.82. The first kappa shape index (κ1) is 16.8. The smallest absolute Gasteiger partial charge is 0.0254 e. The fraction of sp³-hybridized carbons (Fsp3) is 0. The summed E-state index contributed by atoms with van der Waals surface area (Å²) in [5.74, 6) is 0. The minimum Gasteiger partial charge on any atom is -0.0622 e. The summed E-state index contributed by atoms with van der Waals surface area (Å²) in [5, 5.41) is 7.85. The Morgan fingerprint density at radius 1 is 0.414 bits per heavy atom. The molecule has 0 heterocycles. The molecule has 0 N–H and O–H groups in total. The van der Waals surface area contributed by atoms with Crippen molar-refractivity contribution < 1.29 is 0 Å². The largest absolute Gasteiger partial charge is 0.0622 e. The summed E-state index contributed by atoms with van der Waals surface area (Å²) in [6, 6.07) is 37.3. The van der Waals surface area contributed by atoms with Crippen LogP contribution in [0.15, 0.2) is 108 Å².